The van der Waals surface area contributed by atoms with Gasteiger partial charge in [-0.05, 0) is 38.0 Å². The largest absolute Gasteiger partial charge is 0.377 e. The fourth-order valence-corrected chi connectivity index (χ4v) is 2.42. The average Bonchev–Trinajstić information content (AvgIpc) is 2.64. The van der Waals surface area contributed by atoms with E-state index in [0.29, 0.717) is 11.6 Å². The van der Waals surface area contributed by atoms with Crippen LogP contribution in [0.15, 0.2) is 24.3 Å². The molecule has 1 N–H and O–H groups in total. The van der Waals surface area contributed by atoms with Crippen molar-refractivity contribution in [1.82, 2.24) is 10.2 Å². The minimum absolute atomic E-state index is 0.0372. The van der Waals surface area contributed by atoms with Gasteiger partial charge >= 0.3 is 6.03 Å². The molecule has 0 aliphatic carbocycles. The highest BCUT2D eigenvalue weighted by Gasteiger charge is 2.21. The molecule has 0 saturated carbocycles. The van der Waals surface area contributed by atoms with E-state index in [2.05, 4.69) is 5.32 Å². The van der Waals surface area contributed by atoms with Crippen molar-refractivity contribution >= 4 is 17.6 Å². The summed E-state index contributed by atoms with van der Waals surface area (Å²) >= 11 is 5.87. The Morgan fingerprint density at radius 2 is 2.15 bits per heavy atom. The molecule has 0 radical (unpaired) electrons. The Kier molecular flexibility index (Phi) is 5.26. The summed E-state index contributed by atoms with van der Waals surface area (Å²) in [7, 11) is 0. The zero-order valence-electron chi connectivity index (χ0n) is 11.9. The van der Waals surface area contributed by atoms with Crippen molar-refractivity contribution in [1.29, 1.82) is 0 Å². The summed E-state index contributed by atoms with van der Waals surface area (Å²) in [6.07, 6.45) is 0.974. The second kappa shape index (κ2) is 6.95. The standard InChI is InChI=1S/C15H21ClN2O2/c1-11-10-18(8-3-9-20-11)15(19)17-12(2)13-4-6-14(16)7-5-13/h4-7,11-12H,3,8-10H2,1-2H3,(H,17,19)/t11-,12-/m0/s1. The molecule has 0 unspecified atom stereocenters. The molecule has 2 rings (SSSR count). The number of nitrogens with one attached hydrogen (secondary N) is 1. The van der Waals surface area contributed by atoms with E-state index in [1.54, 1.807) is 0 Å². The van der Waals surface area contributed by atoms with Gasteiger partial charge in [0.05, 0.1) is 12.1 Å². The zero-order valence-corrected chi connectivity index (χ0v) is 12.7. The van der Waals surface area contributed by atoms with Gasteiger partial charge in [-0.25, -0.2) is 4.79 Å². The van der Waals surface area contributed by atoms with Crippen molar-refractivity contribution in [2.75, 3.05) is 19.7 Å². The SMILES string of the molecule is C[C@H](NC(=O)N1CCCO[C@@H](C)C1)c1ccc(Cl)cc1. The van der Waals surface area contributed by atoms with E-state index >= 15 is 0 Å². The average molecular weight is 297 g/mol. The summed E-state index contributed by atoms with van der Waals surface area (Å²) in [6.45, 7) is 6.06. The van der Waals surface area contributed by atoms with Crippen molar-refractivity contribution in [3.63, 3.8) is 0 Å². The first-order chi connectivity index (χ1) is 9.56. The van der Waals surface area contributed by atoms with E-state index in [0.717, 1.165) is 25.1 Å². The second-order valence-electron chi connectivity index (χ2n) is 5.20. The highest BCUT2D eigenvalue weighted by atomic mass is 35.5. The molecule has 2 amide bonds. The number of hydrogen-bond donors (Lipinski definition) is 1. The van der Waals surface area contributed by atoms with Crippen molar-refractivity contribution in [2.24, 2.45) is 0 Å². The van der Waals surface area contributed by atoms with Gasteiger partial charge in [0.2, 0.25) is 0 Å². The van der Waals surface area contributed by atoms with Crippen molar-refractivity contribution in [3.05, 3.63) is 34.9 Å². The highest BCUT2D eigenvalue weighted by Crippen LogP contribution is 2.16. The Labute approximate surface area is 125 Å². The van der Waals surface area contributed by atoms with E-state index in [1.807, 2.05) is 43.0 Å². The van der Waals surface area contributed by atoms with Gasteiger partial charge in [-0.3, -0.25) is 0 Å². The topological polar surface area (TPSA) is 41.6 Å². The van der Waals surface area contributed by atoms with Crippen LogP contribution in [0.5, 0.6) is 0 Å². The van der Waals surface area contributed by atoms with Gasteiger partial charge in [0.15, 0.2) is 0 Å². The quantitative estimate of drug-likeness (QED) is 0.910. The molecule has 20 heavy (non-hydrogen) atoms. The van der Waals surface area contributed by atoms with E-state index < -0.39 is 0 Å². The Morgan fingerprint density at radius 1 is 1.45 bits per heavy atom. The molecule has 1 aromatic rings. The van der Waals surface area contributed by atoms with Crippen molar-refractivity contribution in [2.45, 2.75) is 32.4 Å². The zero-order chi connectivity index (χ0) is 14.5. The number of carbonyl (C=O) groups is 1. The van der Waals surface area contributed by atoms with Crippen LogP contribution in [0.2, 0.25) is 5.02 Å². The van der Waals surface area contributed by atoms with Crippen molar-refractivity contribution in [3.8, 4) is 0 Å². The lowest BCUT2D eigenvalue weighted by molar-refractivity contribution is 0.0709. The van der Waals surface area contributed by atoms with Crippen LogP contribution in [0, 0.1) is 0 Å². The molecule has 0 aromatic heterocycles. The summed E-state index contributed by atoms with van der Waals surface area (Å²) in [6, 6.07) is 7.45. The molecular weight excluding hydrogens is 276 g/mol. The lowest BCUT2D eigenvalue weighted by atomic mass is 10.1. The molecule has 1 aliphatic heterocycles. The van der Waals surface area contributed by atoms with Crippen LogP contribution >= 0.6 is 11.6 Å². The maximum atomic E-state index is 12.3. The lowest BCUT2D eigenvalue weighted by Crippen LogP contribution is -2.43. The number of benzene rings is 1. The first-order valence-corrected chi connectivity index (χ1v) is 7.36. The van der Waals surface area contributed by atoms with Gasteiger partial charge in [0.25, 0.3) is 0 Å². The number of nitrogens with zero attached hydrogens (tertiary/aromatic N) is 1. The number of ether oxygens (including phenoxy) is 1. The van der Waals surface area contributed by atoms with E-state index in [-0.39, 0.29) is 18.2 Å². The Morgan fingerprint density at radius 3 is 2.85 bits per heavy atom. The van der Waals surface area contributed by atoms with Gasteiger partial charge in [-0.1, -0.05) is 23.7 Å². The summed E-state index contributed by atoms with van der Waals surface area (Å²) < 4.78 is 5.55. The van der Waals surface area contributed by atoms with E-state index in [1.165, 1.54) is 0 Å². The number of amides is 2. The number of rotatable bonds is 2. The van der Waals surface area contributed by atoms with Crippen molar-refractivity contribution < 1.29 is 9.53 Å². The number of carbonyl (C=O) groups excluding carboxylic acids is 1. The fourth-order valence-electron chi connectivity index (χ4n) is 2.29. The number of urea groups is 1. The highest BCUT2D eigenvalue weighted by molar-refractivity contribution is 6.30. The number of halogens is 1. The minimum Gasteiger partial charge on any atom is -0.377 e. The molecule has 0 bridgehead atoms. The van der Waals surface area contributed by atoms with Gasteiger partial charge in [0, 0.05) is 24.7 Å². The molecule has 1 saturated heterocycles. The van der Waals surface area contributed by atoms with E-state index in [4.69, 9.17) is 16.3 Å². The molecule has 2 atom stereocenters. The van der Waals surface area contributed by atoms with Gasteiger partial charge < -0.3 is 15.0 Å². The smallest absolute Gasteiger partial charge is 0.317 e. The van der Waals surface area contributed by atoms with Crippen LogP contribution in [0.4, 0.5) is 4.79 Å². The Hall–Kier alpha value is -1.26. The molecule has 1 aliphatic rings. The maximum absolute atomic E-state index is 12.3. The van der Waals surface area contributed by atoms with Crippen LogP contribution in [-0.2, 0) is 4.74 Å². The molecule has 1 heterocycles. The third kappa shape index (κ3) is 4.12. The predicted octanol–water partition coefficient (Wildman–Crippen LogP) is 3.22. The molecule has 1 aromatic carbocycles. The Balaban J connectivity index is 1.94. The van der Waals surface area contributed by atoms with Gasteiger partial charge in [-0.2, -0.15) is 0 Å². The minimum atomic E-state index is -0.0424. The summed E-state index contributed by atoms with van der Waals surface area (Å²) in [5.74, 6) is 0. The first kappa shape index (κ1) is 15.1. The van der Waals surface area contributed by atoms with Gasteiger partial charge in [-0.15, -0.1) is 0 Å². The fraction of sp³-hybridized carbons (Fsp3) is 0.533. The lowest BCUT2D eigenvalue weighted by Gasteiger charge is -2.25. The monoisotopic (exact) mass is 296 g/mol. The molecule has 5 heteroatoms. The van der Waals surface area contributed by atoms with Crippen LogP contribution in [-0.4, -0.2) is 36.7 Å². The second-order valence-corrected chi connectivity index (χ2v) is 5.64. The first-order valence-electron chi connectivity index (χ1n) is 6.99. The molecular formula is C15H21ClN2O2. The van der Waals surface area contributed by atoms with Gasteiger partial charge in [0.1, 0.15) is 0 Å². The molecule has 110 valence electrons. The van der Waals surface area contributed by atoms with Crippen LogP contribution < -0.4 is 5.32 Å². The predicted molar refractivity (Wildman–Crippen MR) is 80.0 cm³/mol. The Bertz CT molecular complexity index is 450. The van der Waals surface area contributed by atoms with Crippen LogP contribution in [0.1, 0.15) is 31.9 Å². The van der Waals surface area contributed by atoms with Crippen LogP contribution in [0.25, 0.3) is 0 Å². The molecule has 0 spiro atoms. The summed E-state index contributed by atoms with van der Waals surface area (Å²) in [5, 5.41) is 3.72. The van der Waals surface area contributed by atoms with E-state index in [9.17, 15) is 4.79 Å². The summed E-state index contributed by atoms with van der Waals surface area (Å²) in [4.78, 5) is 14.1. The molecule has 1 fully saturated rings. The third-order valence-corrected chi connectivity index (χ3v) is 3.70. The summed E-state index contributed by atoms with van der Waals surface area (Å²) in [5.41, 5.74) is 1.04. The normalized spacial score (nSPS) is 21.1. The van der Waals surface area contributed by atoms with Crippen LogP contribution in [0.3, 0.4) is 0 Å². The third-order valence-electron chi connectivity index (χ3n) is 3.45. The number of hydrogen-bond acceptors (Lipinski definition) is 2. The maximum Gasteiger partial charge on any atom is 0.317 e. The molecule has 4 nitrogen and oxygen atoms in total.